The SMILES string of the molecule is CCC(C)c1[nH]cnc1/C=C(/C=O)NC(=O)/C(=C/c1ccccc1Cl)NC. The minimum Gasteiger partial charge on any atom is -0.384 e. The Morgan fingerprint density at radius 2 is 2.07 bits per heavy atom. The minimum atomic E-state index is -0.448. The Bertz CT molecular complexity index is 870. The molecule has 0 fully saturated rings. The topological polar surface area (TPSA) is 86.9 Å². The molecule has 0 saturated heterocycles. The summed E-state index contributed by atoms with van der Waals surface area (Å²) in [5.74, 6) is -0.188. The van der Waals surface area contributed by atoms with Crippen LogP contribution in [0.3, 0.4) is 0 Å². The highest BCUT2D eigenvalue weighted by Gasteiger charge is 2.14. The fourth-order valence-corrected chi connectivity index (χ4v) is 2.66. The number of nitrogens with one attached hydrogen (secondary N) is 3. The minimum absolute atomic E-state index is 0.122. The fraction of sp³-hybridized carbons (Fsp3) is 0.250. The summed E-state index contributed by atoms with van der Waals surface area (Å²) in [4.78, 5) is 31.3. The highest BCUT2D eigenvalue weighted by atomic mass is 35.5. The molecule has 142 valence electrons. The Morgan fingerprint density at radius 1 is 1.33 bits per heavy atom. The maximum atomic E-state index is 12.5. The van der Waals surface area contributed by atoms with Crippen LogP contribution in [-0.2, 0) is 9.59 Å². The summed E-state index contributed by atoms with van der Waals surface area (Å²) < 4.78 is 0. The molecular formula is C20H23ClN4O2. The largest absolute Gasteiger partial charge is 0.384 e. The van der Waals surface area contributed by atoms with E-state index in [0.717, 1.165) is 12.1 Å². The van der Waals surface area contributed by atoms with E-state index in [-0.39, 0.29) is 17.3 Å². The quantitative estimate of drug-likeness (QED) is 0.478. The first-order chi connectivity index (χ1) is 13.0. The molecule has 6 nitrogen and oxygen atoms in total. The third-order valence-corrected chi connectivity index (χ3v) is 4.55. The molecule has 7 heteroatoms. The second kappa shape index (κ2) is 9.73. The van der Waals surface area contributed by atoms with Gasteiger partial charge in [-0.25, -0.2) is 4.98 Å². The lowest BCUT2D eigenvalue weighted by Crippen LogP contribution is -2.30. The zero-order valence-corrected chi connectivity index (χ0v) is 16.3. The zero-order chi connectivity index (χ0) is 19.8. The summed E-state index contributed by atoms with van der Waals surface area (Å²) >= 11 is 6.14. The second-order valence-electron chi connectivity index (χ2n) is 6.01. The molecule has 0 saturated carbocycles. The molecule has 27 heavy (non-hydrogen) atoms. The summed E-state index contributed by atoms with van der Waals surface area (Å²) in [5, 5.41) is 5.96. The van der Waals surface area contributed by atoms with E-state index in [1.54, 1.807) is 37.7 Å². The van der Waals surface area contributed by atoms with Crippen molar-refractivity contribution in [2.45, 2.75) is 26.2 Å². The first-order valence-electron chi connectivity index (χ1n) is 8.65. The lowest BCUT2D eigenvalue weighted by Gasteiger charge is -2.10. The van der Waals surface area contributed by atoms with Crippen LogP contribution >= 0.6 is 11.6 Å². The Morgan fingerprint density at radius 3 is 2.70 bits per heavy atom. The molecule has 3 N–H and O–H groups in total. The number of allylic oxidation sites excluding steroid dienone is 1. The predicted octanol–water partition coefficient (Wildman–Crippen LogP) is 3.49. The average Bonchev–Trinajstić information content (AvgIpc) is 3.14. The molecule has 1 amide bonds. The van der Waals surface area contributed by atoms with Crippen LogP contribution in [0, 0.1) is 0 Å². The number of hydrogen-bond acceptors (Lipinski definition) is 4. The number of nitrogens with zero attached hydrogens (tertiary/aromatic N) is 1. The molecule has 1 aromatic heterocycles. The fourth-order valence-electron chi connectivity index (χ4n) is 2.47. The summed E-state index contributed by atoms with van der Waals surface area (Å²) in [6, 6.07) is 7.17. The van der Waals surface area contributed by atoms with Gasteiger partial charge in [-0.2, -0.15) is 0 Å². The molecule has 1 unspecified atom stereocenters. The number of halogens is 1. The molecular weight excluding hydrogens is 364 g/mol. The number of H-pyrrole nitrogens is 1. The number of carbonyl (C=O) groups excluding carboxylic acids is 2. The summed E-state index contributed by atoms with van der Waals surface area (Å²) in [6.07, 6.45) is 6.28. The number of amides is 1. The maximum absolute atomic E-state index is 12.5. The van der Waals surface area contributed by atoms with Crippen LogP contribution in [0.25, 0.3) is 12.2 Å². The molecule has 0 radical (unpaired) electrons. The van der Waals surface area contributed by atoms with Gasteiger partial charge in [0.15, 0.2) is 6.29 Å². The van der Waals surface area contributed by atoms with Gasteiger partial charge in [0.1, 0.15) is 5.70 Å². The van der Waals surface area contributed by atoms with Gasteiger partial charge in [0, 0.05) is 17.8 Å². The zero-order valence-electron chi connectivity index (χ0n) is 15.5. The van der Waals surface area contributed by atoms with E-state index in [2.05, 4.69) is 34.4 Å². The van der Waals surface area contributed by atoms with E-state index >= 15 is 0 Å². The van der Waals surface area contributed by atoms with Gasteiger partial charge in [-0.05, 0) is 36.1 Å². The monoisotopic (exact) mass is 386 g/mol. The molecule has 0 aliphatic heterocycles. The molecule has 0 bridgehead atoms. The van der Waals surface area contributed by atoms with Gasteiger partial charge >= 0.3 is 0 Å². The van der Waals surface area contributed by atoms with Crippen molar-refractivity contribution < 1.29 is 9.59 Å². The van der Waals surface area contributed by atoms with E-state index in [4.69, 9.17) is 11.6 Å². The van der Waals surface area contributed by atoms with Crippen LogP contribution in [0.15, 0.2) is 42.0 Å². The third kappa shape index (κ3) is 5.31. The van der Waals surface area contributed by atoms with Crippen LogP contribution in [0.4, 0.5) is 0 Å². The maximum Gasteiger partial charge on any atom is 0.271 e. The van der Waals surface area contributed by atoms with E-state index in [9.17, 15) is 9.59 Å². The number of imidazole rings is 1. The van der Waals surface area contributed by atoms with Gasteiger partial charge in [-0.1, -0.05) is 43.6 Å². The number of aromatic nitrogens is 2. The highest BCUT2D eigenvalue weighted by Crippen LogP contribution is 2.21. The van der Waals surface area contributed by atoms with Crippen molar-refractivity contribution in [2.75, 3.05) is 7.05 Å². The van der Waals surface area contributed by atoms with Crippen LogP contribution < -0.4 is 10.6 Å². The number of rotatable bonds is 8. The van der Waals surface area contributed by atoms with Crippen LogP contribution in [-0.4, -0.2) is 29.2 Å². The predicted molar refractivity (Wildman–Crippen MR) is 108 cm³/mol. The molecule has 1 heterocycles. The van der Waals surface area contributed by atoms with Crippen LogP contribution in [0.1, 0.15) is 43.1 Å². The molecule has 2 aromatic rings. The molecule has 2 rings (SSSR count). The van der Waals surface area contributed by atoms with Crippen LogP contribution in [0.5, 0.6) is 0 Å². The molecule has 1 atom stereocenters. The summed E-state index contributed by atoms with van der Waals surface area (Å²) in [7, 11) is 1.63. The number of aldehydes is 1. The normalized spacial score (nSPS) is 13.2. The van der Waals surface area contributed by atoms with Gasteiger partial charge in [0.2, 0.25) is 0 Å². The molecule has 1 aromatic carbocycles. The van der Waals surface area contributed by atoms with E-state index < -0.39 is 5.91 Å². The van der Waals surface area contributed by atoms with Crippen molar-refractivity contribution in [3.63, 3.8) is 0 Å². The summed E-state index contributed by atoms with van der Waals surface area (Å²) in [6.45, 7) is 4.13. The third-order valence-electron chi connectivity index (χ3n) is 4.20. The number of hydrogen-bond donors (Lipinski definition) is 3. The van der Waals surface area contributed by atoms with E-state index in [0.29, 0.717) is 22.6 Å². The Hall–Kier alpha value is -2.86. The van der Waals surface area contributed by atoms with Crippen molar-refractivity contribution in [1.82, 2.24) is 20.6 Å². The Balaban J connectivity index is 2.24. The molecule has 0 aliphatic rings. The van der Waals surface area contributed by atoms with Gasteiger partial charge in [-0.15, -0.1) is 0 Å². The van der Waals surface area contributed by atoms with Crippen molar-refractivity contribution in [3.05, 3.63) is 64.0 Å². The smallest absolute Gasteiger partial charge is 0.271 e. The van der Waals surface area contributed by atoms with Gasteiger partial charge in [0.25, 0.3) is 5.91 Å². The first-order valence-corrected chi connectivity index (χ1v) is 9.03. The standard InChI is InChI=1S/C20H23ClN4O2/c1-4-13(2)19-17(23-12-24-19)10-15(11-26)25-20(27)18(22-3)9-14-7-5-6-8-16(14)21/h5-13,22H,4H2,1-3H3,(H,23,24)(H,25,27)/b15-10-,18-9-. The van der Waals surface area contributed by atoms with E-state index in [1.165, 1.54) is 0 Å². The van der Waals surface area contributed by atoms with Crippen molar-refractivity contribution in [2.24, 2.45) is 0 Å². The molecule has 0 aliphatic carbocycles. The number of likely N-dealkylation sites (N-methyl/N-ethyl adjacent to an activating group) is 1. The van der Waals surface area contributed by atoms with Gasteiger partial charge in [-0.3, -0.25) is 9.59 Å². The number of aromatic amines is 1. The average molecular weight is 387 g/mol. The number of carbonyl (C=O) groups is 2. The first kappa shape index (κ1) is 20.5. The van der Waals surface area contributed by atoms with E-state index in [1.807, 2.05) is 12.1 Å². The van der Waals surface area contributed by atoms with Crippen molar-refractivity contribution >= 4 is 35.9 Å². The second-order valence-corrected chi connectivity index (χ2v) is 6.42. The van der Waals surface area contributed by atoms with Crippen molar-refractivity contribution in [3.8, 4) is 0 Å². The number of benzene rings is 1. The van der Waals surface area contributed by atoms with Crippen LogP contribution in [0.2, 0.25) is 5.02 Å². The summed E-state index contributed by atoms with van der Waals surface area (Å²) in [5.41, 5.74) is 2.65. The van der Waals surface area contributed by atoms with Gasteiger partial charge in [0.05, 0.1) is 17.7 Å². The lowest BCUT2D eigenvalue weighted by molar-refractivity contribution is -0.118. The highest BCUT2D eigenvalue weighted by molar-refractivity contribution is 6.32. The lowest BCUT2D eigenvalue weighted by atomic mass is 10.0. The Kier molecular flexibility index (Phi) is 7.37. The van der Waals surface area contributed by atoms with Crippen molar-refractivity contribution in [1.29, 1.82) is 0 Å². The molecule has 0 spiro atoms. The van der Waals surface area contributed by atoms with Gasteiger partial charge < -0.3 is 15.6 Å². The Labute approximate surface area is 163 Å².